The molecular weight excluding hydrogens is 357 g/mol. The Labute approximate surface area is 147 Å². The van der Waals surface area contributed by atoms with E-state index < -0.39 is 12.1 Å². The Balaban J connectivity index is 1.77. The van der Waals surface area contributed by atoms with Crippen LogP contribution in [0.3, 0.4) is 0 Å². The molecular formula is C16H15Cl2NO3S. The van der Waals surface area contributed by atoms with Crippen LogP contribution in [-0.4, -0.2) is 36.0 Å². The summed E-state index contributed by atoms with van der Waals surface area (Å²) in [5.41, 5.74) is 0. The summed E-state index contributed by atoms with van der Waals surface area (Å²) in [5, 5.41) is 1.67. The second-order valence-corrected chi connectivity index (χ2v) is 7.33. The van der Waals surface area contributed by atoms with E-state index >= 15 is 0 Å². The van der Waals surface area contributed by atoms with Crippen molar-refractivity contribution in [1.29, 1.82) is 0 Å². The summed E-state index contributed by atoms with van der Waals surface area (Å²) in [7, 11) is 0. The van der Waals surface area contributed by atoms with Crippen molar-refractivity contribution in [2.75, 3.05) is 13.1 Å². The Bertz CT molecular complexity index is 768. The minimum atomic E-state index is -0.814. The zero-order valence-corrected chi connectivity index (χ0v) is 14.8. The maximum Gasteiger partial charge on any atom is 0.350 e. The molecule has 1 aromatic carbocycles. The maximum atomic E-state index is 12.3. The number of carbonyl (C=O) groups is 2. The van der Waals surface area contributed by atoms with Gasteiger partial charge in [0.1, 0.15) is 4.88 Å². The van der Waals surface area contributed by atoms with Gasteiger partial charge in [-0.15, -0.1) is 11.3 Å². The number of amides is 1. The minimum Gasteiger partial charge on any atom is -0.448 e. The predicted molar refractivity (Wildman–Crippen MR) is 92.5 cm³/mol. The summed E-state index contributed by atoms with van der Waals surface area (Å²) >= 11 is 13.4. The molecule has 1 aliphatic heterocycles. The molecule has 0 bridgehead atoms. The fraction of sp³-hybridized carbons (Fsp3) is 0.375. The first-order valence-corrected chi connectivity index (χ1v) is 8.92. The van der Waals surface area contributed by atoms with Crippen LogP contribution in [0.5, 0.6) is 0 Å². The Kier molecular flexibility index (Phi) is 4.80. The molecule has 1 saturated heterocycles. The van der Waals surface area contributed by atoms with Gasteiger partial charge in [0, 0.05) is 28.2 Å². The highest BCUT2D eigenvalue weighted by molar-refractivity contribution is 7.21. The van der Waals surface area contributed by atoms with Crippen LogP contribution in [0.2, 0.25) is 10.0 Å². The van der Waals surface area contributed by atoms with Crippen molar-refractivity contribution in [3.63, 3.8) is 0 Å². The highest BCUT2D eigenvalue weighted by Gasteiger charge is 2.28. The van der Waals surface area contributed by atoms with Gasteiger partial charge in [0.2, 0.25) is 0 Å². The number of carbonyl (C=O) groups excluding carboxylic acids is 2. The van der Waals surface area contributed by atoms with E-state index in [1.165, 1.54) is 11.3 Å². The molecule has 23 heavy (non-hydrogen) atoms. The van der Waals surface area contributed by atoms with Crippen molar-refractivity contribution >= 4 is 56.5 Å². The maximum absolute atomic E-state index is 12.3. The third-order valence-corrected chi connectivity index (χ3v) is 5.70. The smallest absolute Gasteiger partial charge is 0.350 e. The van der Waals surface area contributed by atoms with Crippen molar-refractivity contribution in [3.05, 3.63) is 33.1 Å². The minimum absolute atomic E-state index is 0.156. The molecule has 1 atom stereocenters. The zero-order chi connectivity index (χ0) is 16.6. The third-order valence-electron chi connectivity index (χ3n) is 3.83. The number of hydrogen-bond acceptors (Lipinski definition) is 4. The van der Waals surface area contributed by atoms with Crippen molar-refractivity contribution < 1.29 is 14.3 Å². The molecule has 1 amide bonds. The van der Waals surface area contributed by atoms with Crippen molar-refractivity contribution in [1.82, 2.24) is 4.90 Å². The lowest BCUT2D eigenvalue weighted by Gasteiger charge is -2.20. The first-order chi connectivity index (χ1) is 11.0. The van der Waals surface area contributed by atoms with Crippen LogP contribution >= 0.6 is 34.5 Å². The number of esters is 1. The van der Waals surface area contributed by atoms with Crippen molar-refractivity contribution in [3.8, 4) is 0 Å². The summed E-state index contributed by atoms with van der Waals surface area (Å²) in [6, 6.07) is 5.24. The first kappa shape index (κ1) is 16.6. The molecule has 1 aromatic heterocycles. The van der Waals surface area contributed by atoms with E-state index in [0.717, 1.165) is 36.0 Å². The topological polar surface area (TPSA) is 46.6 Å². The van der Waals surface area contributed by atoms with E-state index in [4.69, 9.17) is 27.9 Å². The fourth-order valence-corrected chi connectivity index (χ4v) is 4.30. The molecule has 2 aromatic rings. The normalized spacial score (nSPS) is 15.9. The molecule has 0 N–H and O–H groups in total. The monoisotopic (exact) mass is 371 g/mol. The number of rotatable bonds is 3. The Morgan fingerprint density at radius 1 is 1.26 bits per heavy atom. The second-order valence-electron chi connectivity index (χ2n) is 5.47. The Morgan fingerprint density at radius 3 is 2.65 bits per heavy atom. The lowest BCUT2D eigenvalue weighted by atomic mass is 10.2. The van der Waals surface area contributed by atoms with Gasteiger partial charge in [0.15, 0.2) is 6.10 Å². The molecule has 0 spiro atoms. The first-order valence-electron chi connectivity index (χ1n) is 7.34. The van der Waals surface area contributed by atoms with Crippen LogP contribution in [0.1, 0.15) is 29.4 Å². The third kappa shape index (κ3) is 3.32. The zero-order valence-electron chi connectivity index (χ0n) is 12.5. The highest BCUT2D eigenvalue weighted by Crippen LogP contribution is 2.37. The van der Waals surface area contributed by atoms with Crippen molar-refractivity contribution in [2.24, 2.45) is 0 Å². The number of benzene rings is 1. The highest BCUT2D eigenvalue weighted by atomic mass is 35.5. The van der Waals surface area contributed by atoms with E-state index in [2.05, 4.69) is 0 Å². The number of nitrogens with zero attached hydrogens (tertiary/aromatic N) is 1. The van der Waals surface area contributed by atoms with Crippen LogP contribution in [0.25, 0.3) is 10.1 Å². The summed E-state index contributed by atoms with van der Waals surface area (Å²) in [6.45, 7) is 3.04. The van der Waals surface area contributed by atoms with E-state index in [9.17, 15) is 9.59 Å². The van der Waals surface area contributed by atoms with Crippen LogP contribution in [0.15, 0.2) is 18.2 Å². The van der Waals surface area contributed by atoms with Crippen LogP contribution in [-0.2, 0) is 9.53 Å². The predicted octanol–water partition coefficient (Wildman–Crippen LogP) is 4.38. The van der Waals surface area contributed by atoms with Crippen LogP contribution in [0.4, 0.5) is 0 Å². The number of thiophene rings is 1. The number of ether oxygens (including phenoxy) is 1. The number of hydrogen-bond donors (Lipinski definition) is 0. The molecule has 4 nitrogen and oxygen atoms in total. The second kappa shape index (κ2) is 6.67. The van der Waals surface area contributed by atoms with E-state index in [1.54, 1.807) is 30.0 Å². The van der Waals surface area contributed by atoms with Gasteiger partial charge in [-0.05, 0) is 31.9 Å². The molecule has 0 unspecified atom stereocenters. The molecule has 1 fully saturated rings. The van der Waals surface area contributed by atoms with Gasteiger partial charge in [0.25, 0.3) is 5.91 Å². The molecule has 2 heterocycles. The summed E-state index contributed by atoms with van der Waals surface area (Å²) in [5.74, 6) is -0.733. The Morgan fingerprint density at radius 2 is 1.96 bits per heavy atom. The van der Waals surface area contributed by atoms with Crippen LogP contribution < -0.4 is 0 Å². The molecule has 7 heteroatoms. The van der Waals surface area contributed by atoms with E-state index in [-0.39, 0.29) is 5.91 Å². The number of fused-ring (bicyclic) bond motifs is 1. The SMILES string of the molecule is C[C@H](OC(=O)c1sc2cc(Cl)ccc2c1Cl)C(=O)N1CCCC1. The number of halogens is 2. The van der Waals surface area contributed by atoms with Gasteiger partial charge in [-0.1, -0.05) is 29.3 Å². The Hall–Kier alpha value is -1.30. The molecule has 3 rings (SSSR count). The summed E-state index contributed by atoms with van der Waals surface area (Å²) in [4.78, 5) is 26.6. The largest absolute Gasteiger partial charge is 0.448 e. The quantitative estimate of drug-likeness (QED) is 0.752. The average molecular weight is 372 g/mol. The molecule has 1 aliphatic rings. The molecule has 0 radical (unpaired) electrons. The van der Waals surface area contributed by atoms with E-state index in [0.29, 0.717) is 14.9 Å². The summed E-state index contributed by atoms with van der Waals surface area (Å²) in [6.07, 6.45) is 1.18. The standard InChI is InChI=1S/C16H15Cl2NO3S/c1-9(15(20)19-6-2-3-7-19)22-16(21)14-13(18)11-5-4-10(17)8-12(11)23-14/h4-5,8-9H,2-3,6-7H2,1H3/t9-/m0/s1. The lowest BCUT2D eigenvalue weighted by molar-refractivity contribution is -0.138. The number of likely N-dealkylation sites (tertiary alicyclic amines) is 1. The van der Waals surface area contributed by atoms with Gasteiger partial charge in [-0.3, -0.25) is 4.79 Å². The van der Waals surface area contributed by atoms with Crippen molar-refractivity contribution in [2.45, 2.75) is 25.9 Å². The van der Waals surface area contributed by atoms with Gasteiger partial charge >= 0.3 is 5.97 Å². The van der Waals surface area contributed by atoms with Gasteiger partial charge < -0.3 is 9.64 Å². The lowest BCUT2D eigenvalue weighted by Crippen LogP contribution is -2.38. The van der Waals surface area contributed by atoms with E-state index in [1.807, 2.05) is 0 Å². The van der Waals surface area contributed by atoms with Crippen LogP contribution in [0, 0.1) is 0 Å². The van der Waals surface area contributed by atoms with Gasteiger partial charge in [-0.25, -0.2) is 4.79 Å². The molecule has 0 saturated carbocycles. The molecule has 122 valence electrons. The van der Waals surface area contributed by atoms with Gasteiger partial charge in [0.05, 0.1) is 5.02 Å². The molecule has 0 aliphatic carbocycles. The fourth-order valence-electron chi connectivity index (χ4n) is 2.63. The average Bonchev–Trinajstić information content (AvgIpc) is 3.14. The van der Waals surface area contributed by atoms with Gasteiger partial charge in [-0.2, -0.15) is 0 Å². The summed E-state index contributed by atoms with van der Waals surface area (Å²) < 4.78 is 6.13.